The lowest BCUT2D eigenvalue weighted by molar-refractivity contribution is 0.0718. The second kappa shape index (κ2) is 8.17. The van der Waals surface area contributed by atoms with E-state index in [9.17, 15) is 9.18 Å². The zero-order chi connectivity index (χ0) is 23.1. The fraction of sp³-hybridized carbons (Fsp3) is 0.280. The Labute approximate surface area is 190 Å². The lowest BCUT2D eigenvalue weighted by atomic mass is 10.1. The highest BCUT2D eigenvalue weighted by atomic mass is 19.1. The molecule has 8 heteroatoms. The van der Waals surface area contributed by atoms with Crippen molar-refractivity contribution >= 4 is 16.8 Å². The third-order valence-corrected chi connectivity index (χ3v) is 6.29. The molecule has 0 unspecified atom stereocenters. The third-order valence-electron chi connectivity index (χ3n) is 6.29. The molecular weight excluding hydrogens is 419 g/mol. The summed E-state index contributed by atoms with van der Waals surface area (Å²) < 4.78 is 18.2. The van der Waals surface area contributed by atoms with Crippen LogP contribution in [0.15, 0.2) is 42.6 Å². The Hall–Kier alpha value is -3.99. The molecule has 0 radical (unpaired) electrons. The van der Waals surface area contributed by atoms with Gasteiger partial charge in [0.1, 0.15) is 23.4 Å². The maximum Gasteiger partial charge on any atom is 0.274 e. The number of aromatic nitrogens is 4. The molecule has 1 aliphatic rings. The zero-order valence-electron chi connectivity index (χ0n) is 18.5. The van der Waals surface area contributed by atoms with Crippen molar-refractivity contribution in [3.63, 3.8) is 0 Å². The van der Waals surface area contributed by atoms with E-state index in [1.54, 1.807) is 16.9 Å². The van der Waals surface area contributed by atoms with Crippen molar-refractivity contribution in [2.24, 2.45) is 7.05 Å². The molecule has 7 nitrogen and oxygen atoms in total. The first-order valence-corrected chi connectivity index (χ1v) is 11.0. The predicted octanol–water partition coefficient (Wildman–Crippen LogP) is 4.37. The summed E-state index contributed by atoms with van der Waals surface area (Å²) >= 11 is 0. The number of fused-ring (bicyclic) bond motifs is 1. The van der Waals surface area contributed by atoms with Crippen LogP contribution in [0.1, 0.15) is 41.0 Å². The molecule has 166 valence electrons. The first-order chi connectivity index (χ1) is 16.0. The van der Waals surface area contributed by atoms with Gasteiger partial charge in [0, 0.05) is 36.8 Å². The number of hydrogen-bond acceptors (Lipinski definition) is 4. The molecular formula is C25H23FN6O. The van der Waals surface area contributed by atoms with Crippen LogP contribution in [0.4, 0.5) is 4.39 Å². The summed E-state index contributed by atoms with van der Waals surface area (Å²) in [5.41, 5.74) is 3.30. The molecule has 3 heterocycles. The summed E-state index contributed by atoms with van der Waals surface area (Å²) in [6.07, 6.45) is 4.87. The molecule has 0 bridgehead atoms. The summed E-state index contributed by atoms with van der Waals surface area (Å²) in [6, 6.07) is 12.1. The molecule has 1 aliphatic heterocycles. The van der Waals surface area contributed by atoms with Gasteiger partial charge in [0.15, 0.2) is 0 Å². The molecule has 33 heavy (non-hydrogen) atoms. The number of benzene rings is 2. The predicted molar refractivity (Wildman–Crippen MR) is 122 cm³/mol. The second-order valence-corrected chi connectivity index (χ2v) is 8.38. The minimum Gasteiger partial charge on any atom is -0.337 e. The van der Waals surface area contributed by atoms with Crippen LogP contribution in [0, 0.1) is 24.1 Å². The summed E-state index contributed by atoms with van der Waals surface area (Å²) in [5.74, 6) is -0.267. The number of carbonyl (C=O) groups is 1. The summed E-state index contributed by atoms with van der Waals surface area (Å²) in [6.45, 7) is 3.29. The van der Waals surface area contributed by atoms with Crippen molar-refractivity contribution in [1.82, 2.24) is 24.2 Å². The van der Waals surface area contributed by atoms with Gasteiger partial charge in [0.25, 0.3) is 5.91 Å². The molecule has 2 aromatic carbocycles. The number of imidazole rings is 1. The fourth-order valence-corrected chi connectivity index (χ4v) is 4.50. The average molecular weight is 442 g/mol. The van der Waals surface area contributed by atoms with Crippen molar-refractivity contribution in [3.05, 3.63) is 65.4 Å². The highest BCUT2D eigenvalue weighted by Gasteiger charge is 2.27. The lowest BCUT2D eigenvalue weighted by Crippen LogP contribution is -2.36. The summed E-state index contributed by atoms with van der Waals surface area (Å²) in [5, 5.41) is 14.4. The van der Waals surface area contributed by atoms with E-state index in [1.165, 1.54) is 12.1 Å². The number of rotatable bonds is 3. The number of halogens is 1. The lowest BCUT2D eigenvalue weighted by Gasteiger charge is -2.26. The van der Waals surface area contributed by atoms with E-state index in [0.717, 1.165) is 35.9 Å². The molecule has 4 aromatic rings. The summed E-state index contributed by atoms with van der Waals surface area (Å²) in [7, 11) is 1.88. The number of aryl methyl sites for hydroxylation is 1. The van der Waals surface area contributed by atoms with Gasteiger partial charge in [-0.05, 0) is 62.6 Å². The van der Waals surface area contributed by atoms with E-state index in [1.807, 2.05) is 47.7 Å². The van der Waals surface area contributed by atoms with Gasteiger partial charge in [-0.25, -0.2) is 9.37 Å². The summed E-state index contributed by atoms with van der Waals surface area (Å²) in [4.78, 5) is 19.9. The quantitative estimate of drug-likeness (QED) is 0.472. The van der Waals surface area contributed by atoms with Crippen LogP contribution >= 0.6 is 0 Å². The minimum absolute atomic E-state index is 0.0324. The molecule has 0 atom stereocenters. The molecule has 0 N–H and O–H groups in total. The highest BCUT2D eigenvalue weighted by Crippen LogP contribution is 2.30. The van der Waals surface area contributed by atoms with Gasteiger partial charge in [-0.3, -0.25) is 14.0 Å². The number of carbonyl (C=O) groups excluding carboxylic acids is 1. The average Bonchev–Trinajstić information content (AvgIpc) is 3.38. The number of nitrogens with zero attached hydrogens (tertiary/aromatic N) is 6. The van der Waals surface area contributed by atoms with Gasteiger partial charge in [-0.1, -0.05) is 0 Å². The normalized spacial score (nSPS) is 13.9. The Morgan fingerprint density at radius 2 is 1.91 bits per heavy atom. The maximum absolute atomic E-state index is 14.5. The van der Waals surface area contributed by atoms with Gasteiger partial charge in [-0.15, -0.1) is 0 Å². The smallest absolute Gasteiger partial charge is 0.274 e. The zero-order valence-corrected chi connectivity index (χ0v) is 18.5. The number of amides is 1. The Morgan fingerprint density at radius 3 is 2.64 bits per heavy atom. The van der Waals surface area contributed by atoms with Gasteiger partial charge in [-0.2, -0.15) is 10.4 Å². The van der Waals surface area contributed by atoms with Crippen molar-refractivity contribution in [1.29, 1.82) is 5.26 Å². The van der Waals surface area contributed by atoms with E-state index in [-0.39, 0.29) is 11.5 Å². The van der Waals surface area contributed by atoms with E-state index >= 15 is 0 Å². The molecule has 5 rings (SSSR count). The second-order valence-electron chi connectivity index (χ2n) is 8.38. The van der Waals surface area contributed by atoms with Gasteiger partial charge < -0.3 is 4.90 Å². The number of likely N-dealkylation sites (tertiary alicyclic amines) is 1. The largest absolute Gasteiger partial charge is 0.337 e. The van der Waals surface area contributed by atoms with Crippen LogP contribution in [0.5, 0.6) is 0 Å². The molecule has 2 aromatic heterocycles. The van der Waals surface area contributed by atoms with E-state index < -0.39 is 5.82 Å². The molecule has 0 saturated carbocycles. The van der Waals surface area contributed by atoms with E-state index in [4.69, 9.17) is 10.2 Å². The molecule has 1 amide bonds. The van der Waals surface area contributed by atoms with Crippen LogP contribution in [-0.4, -0.2) is 43.2 Å². The van der Waals surface area contributed by atoms with Crippen molar-refractivity contribution in [3.8, 4) is 23.1 Å². The molecule has 0 aliphatic carbocycles. The van der Waals surface area contributed by atoms with Gasteiger partial charge >= 0.3 is 0 Å². The SMILES string of the molecule is Cc1c(C(=O)N2CCCCC2)nc(-c2ccc(C#N)c(F)c2)n1-c1ccc2c(cnn2C)c1. The van der Waals surface area contributed by atoms with Crippen LogP contribution < -0.4 is 0 Å². The fourth-order valence-electron chi connectivity index (χ4n) is 4.50. The number of hydrogen-bond donors (Lipinski definition) is 0. The third kappa shape index (κ3) is 3.55. The maximum atomic E-state index is 14.5. The van der Waals surface area contributed by atoms with Crippen molar-refractivity contribution in [2.75, 3.05) is 13.1 Å². The van der Waals surface area contributed by atoms with Crippen molar-refractivity contribution in [2.45, 2.75) is 26.2 Å². The number of nitriles is 1. The van der Waals surface area contributed by atoms with Crippen LogP contribution in [0.25, 0.3) is 28.0 Å². The molecule has 1 saturated heterocycles. The van der Waals surface area contributed by atoms with E-state index in [2.05, 4.69) is 5.10 Å². The van der Waals surface area contributed by atoms with Gasteiger partial charge in [0.05, 0.1) is 23.0 Å². The van der Waals surface area contributed by atoms with Crippen LogP contribution in [0.2, 0.25) is 0 Å². The van der Waals surface area contributed by atoms with Crippen LogP contribution in [-0.2, 0) is 7.05 Å². The van der Waals surface area contributed by atoms with Crippen LogP contribution in [0.3, 0.4) is 0 Å². The monoisotopic (exact) mass is 442 g/mol. The topological polar surface area (TPSA) is 79.7 Å². The highest BCUT2D eigenvalue weighted by molar-refractivity contribution is 5.95. The Balaban J connectivity index is 1.69. The first kappa shape index (κ1) is 20.9. The standard InChI is InChI=1S/C25H23FN6O/c1-16-23(25(33)31-10-4-3-5-11-31)29-24(17-6-7-18(14-27)21(26)13-17)32(16)20-8-9-22-19(12-20)15-28-30(22)2/h6-9,12-13,15H,3-5,10-11H2,1-2H3. The minimum atomic E-state index is -0.617. The van der Waals surface area contributed by atoms with E-state index in [0.29, 0.717) is 35.9 Å². The molecule has 0 spiro atoms. The van der Waals surface area contributed by atoms with Crippen molar-refractivity contribution < 1.29 is 9.18 Å². The molecule has 1 fully saturated rings. The first-order valence-electron chi connectivity index (χ1n) is 11.0. The Kier molecular flexibility index (Phi) is 5.17. The Morgan fingerprint density at radius 1 is 1.12 bits per heavy atom. The Bertz CT molecular complexity index is 1420. The van der Waals surface area contributed by atoms with Gasteiger partial charge in [0.2, 0.25) is 0 Å². The number of piperidine rings is 1.